The number of likely N-dealkylation sites (tertiary alicyclic amines) is 1. The number of nitrogens with two attached hydrogens (primary N) is 1. The van der Waals surface area contributed by atoms with Gasteiger partial charge in [0, 0.05) is 52.0 Å². The zero-order chi connectivity index (χ0) is 20.1. The molecule has 2 heterocycles. The molecule has 9 heteroatoms. The quantitative estimate of drug-likeness (QED) is 0.640. The summed E-state index contributed by atoms with van der Waals surface area (Å²) in [4.78, 5) is 33.9. The first-order valence-electron chi connectivity index (χ1n) is 9.90. The number of carbonyl (C=O) groups excluding carboxylic acids is 2. The largest absolute Gasteiger partial charge is 0.384 e. The van der Waals surface area contributed by atoms with Crippen molar-refractivity contribution >= 4 is 23.6 Å². The first-order valence-corrected chi connectivity index (χ1v) is 9.90. The molecule has 1 aliphatic heterocycles. The number of rotatable bonds is 7. The van der Waals surface area contributed by atoms with Gasteiger partial charge in [0.05, 0.1) is 5.56 Å². The first-order chi connectivity index (χ1) is 13.5. The molecule has 1 aromatic rings. The van der Waals surface area contributed by atoms with Crippen LogP contribution in [-0.2, 0) is 9.53 Å². The van der Waals surface area contributed by atoms with Gasteiger partial charge in [-0.1, -0.05) is 0 Å². The molecule has 1 saturated heterocycles. The summed E-state index contributed by atoms with van der Waals surface area (Å²) in [5, 5.41) is 6.66. The van der Waals surface area contributed by atoms with Gasteiger partial charge in [-0.2, -0.15) is 4.98 Å². The SMILES string of the molecule is COC[C@H]1CC[C@H](Nc2nc(N[C@@H]3CCN(C(C)=O)C3)ncc2C(N)=O)CC1. The van der Waals surface area contributed by atoms with Crippen LogP contribution in [0.25, 0.3) is 0 Å². The minimum absolute atomic E-state index is 0.0701. The molecule has 1 atom stereocenters. The van der Waals surface area contributed by atoms with Gasteiger partial charge in [0.2, 0.25) is 11.9 Å². The van der Waals surface area contributed by atoms with Crippen LogP contribution in [0.3, 0.4) is 0 Å². The Morgan fingerprint density at radius 2 is 1.96 bits per heavy atom. The summed E-state index contributed by atoms with van der Waals surface area (Å²) in [6.45, 7) is 3.72. The predicted octanol–water partition coefficient (Wildman–Crippen LogP) is 1.23. The molecule has 1 aliphatic carbocycles. The molecular weight excluding hydrogens is 360 g/mol. The number of anilines is 2. The van der Waals surface area contributed by atoms with Crippen molar-refractivity contribution in [3.05, 3.63) is 11.8 Å². The second-order valence-electron chi connectivity index (χ2n) is 7.73. The van der Waals surface area contributed by atoms with Gasteiger partial charge in [-0.25, -0.2) is 4.98 Å². The Bertz CT molecular complexity index is 705. The number of amides is 2. The highest BCUT2D eigenvalue weighted by atomic mass is 16.5. The van der Waals surface area contributed by atoms with Gasteiger partial charge in [-0.3, -0.25) is 9.59 Å². The molecule has 1 saturated carbocycles. The van der Waals surface area contributed by atoms with E-state index in [0.717, 1.165) is 45.3 Å². The summed E-state index contributed by atoms with van der Waals surface area (Å²) in [6.07, 6.45) is 6.46. The van der Waals surface area contributed by atoms with E-state index in [9.17, 15) is 9.59 Å². The highest BCUT2D eigenvalue weighted by Crippen LogP contribution is 2.27. The maximum atomic E-state index is 11.8. The van der Waals surface area contributed by atoms with Gasteiger partial charge >= 0.3 is 0 Å². The normalized spacial score (nSPS) is 24.8. The zero-order valence-corrected chi connectivity index (χ0v) is 16.6. The number of methoxy groups -OCH3 is 1. The van der Waals surface area contributed by atoms with E-state index in [1.807, 2.05) is 0 Å². The van der Waals surface area contributed by atoms with Gasteiger partial charge in [0.25, 0.3) is 5.91 Å². The average Bonchev–Trinajstić information content (AvgIpc) is 3.12. The van der Waals surface area contributed by atoms with E-state index in [-0.39, 0.29) is 18.0 Å². The fourth-order valence-electron chi connectivity index (χ4n) is 3.99. The third-order valence-corrected chi connectivity index (χ3v) is 5.61. The van der Waals surface area contributed by atoms with Crippen molar-refractivity contribution in [1.82, 2.24) is 14.9 Å². The van der Waals surface area contributed by atoms with Crippen LogP contribution in [0.1, 0.15) is 49.4 Å². The average molecular weight is 390 g/mol. The van der Waals surface area contributed by atoms with E-state index >= 15 is 0 Å². The summed E-state index contributed by atoms with van der Waals surface area (Å²) in [6, 6.07) is 0.342. The van der Waals surface area contributed by atoms with Crippen LogP contribution in [-0.4, -0.2) is 65.6 Å². The summed E-state index contributed by atoms with van der Waals surface area (Å²) < 4.78 is 5.25. The number of ether oxygens (including phenoxy) is 1. The molecular formula is C19H30N6O3. The molecule has 3 rings (SSSR count). The fourth-order valence-corrected chi connectivity index (χ4v) is 3.99. The Hall–Kier alpha value is -2.42. The number of primary amides is 1. The lowest BCUT2D eigenvalue weighted by atomic mass is 9.86. The van der Waals surface area contributed by atoms with Crippen molar-refractivity contribution in [3.8, 4) is 0 Å². The molecule has 0 radical (unpaired) electrons. The number of aromatic nitrogens is 2. The van der Waals surface area contributed by atoms with Crippen LogP contribution < -0.4 is 16.4 Å². The van der Waals surface area contributed by atoms with Crippen molar-refractivity contribution in [2.24, 2.45) is 11.7 Å². The first kappa shape index (κ1) is 20.3. The molecule has 28 heavy (non-hydrogen) atoms. The molecule has 0 spiro atoms. The Morgan fingerprint density at radius 1 is 1.21 bits per heavy atom. The lowest BCUT2D eigenvalue weighted by Gasteiger charge is -2.29. The summed E-state index contributed by atoms with van der Waals surface area (Å²) in [5.41, 5.74) is 5.80. The summed E-state index contributed by atoms with van der Waals surface area (Å²) in [5.74, 6) is 1.02. The molecule has 4 N–H and O–H groups in total. The Balaban J connectivity index is 1.65. The van der Waals surface area contributed by atoms with Crippen molar-refractivity contribution in [3.63, 3.8) is 0 Å². The highest BCUT2D eigenvalue weighted by Gasteiger charge is 2.26. The number of nitrogens with one attached hydrogen (secondary N) is 2. The van der Waals surface area contributed by atoms with E-state index in [4.69, 9.17) is 10.5 Å². The van der Waals surface area contributed by atoms with Gasteiger partial charge in [-0.05, 0) is 38.0 Å². The van der Waals surface area contributed by atoms with Crippen LogP contribution >= 0.6 is 0 Å². The van der Waals surface area contributed by atoms with E-state index in [2.05, 4.69) is 20.6 Å². The molecule has 2 aliphatic rings. The van der Waals surface area contributed by atoms with Crippen LogP contribution in [0.15, 0.2) is 6.20 Å². The number of nitrogens with zero attached hydrogens (tertiary/aromatic N) is 3. The molecule has 2 fully saturated rings. The van der Waals surface area contributed by atoms with Gasteiger partial charge < -0.3 is 26.0 Å². The Kier molecular flexibility index (Phi) is 6.66. The van der Waals surface area contributed by atoms with Gasteiger partial charge in [0.15, 0.2) is 0 Å². The molecule has 0 bridgehead atoms. The van der Waals surface area contributed by atoms with E-state index in [1.54, 1.807) is 18.9 Å². The standard InChI is InChI=1S/C19H30N6O3/c1-12(26)25-8-7-15(10-25)23-19-21-9-16(17(20)27)18(24-19)22-14-5-3-13(4-6-14)11-28-2/h9,13-15H,3-8,10-11H2,1-2H3,(H2,20,27)(H2,21,22,23,24)/t13-,14-,15-/m1/s1. The van der Waals surface area contributed by atoms with Crippen molar-refractivity contribution in [2.75, 3.05) is 37.4 Å². The van der Waals surface area contributed by atoms with E-state index < -0.39 is 5.91 Å². The lowest BCUT2D eigenvalue weighted by Crippen LogP contribution is -2.31. The Morgan fingerprint density at radius 3 is 2.57 bits per heavy atom. The molecule has 0 unspecified atom stereocenters. The zero-order valence-electron chi connectivity index (χ0n) is 16.6. The number of hydrogen-bond acceptors (Lipinski definition) is 7. The lowest BCUT2D eigenvalue weighted by molar-refractivity contribution is -0.127. The van der Waals surface area contributed by atoms with E-state index in [0.29, 0.717) is 29.8 Å². The second-order valence-corrected chi connectivity index (χ2v) is 7.73. The van der Waals surface area contributed by atoms with E-state index in [1.165, 1.54) is 6.20 Å². The molecule has 9 nitrogen and oxygen atoms in total. The van der Waals surface area contributed by atoms with Crippen molar-refractivity contribution < 1.29 is 14.3 Å². The maximum absolute atomic E-state index is 11.8. The smallest absolute Gasteiger partial charge is 0.254 e. The van der Waals surface area contributed by atoms with Crippen LogP contribution in [0.2, 0.25) is 0 Å². The van der Waals surface area contributed by atoms with Crippen LogP contribution in [0.5, 0.6) is 0 Å². The second kappa shape index (κ2) is 9.18. The molecule has 154 valence electrons. The number of hydrogen-bond donors (Lipinski definition) is 3. The van der Waals surface area contributed by atoms with Crippen LogP contribution in [0.4, 0.5) is 11.8 Å². The van der Waals surface area contributed by atoms with Gasteiger partial charge in [0.1, 0.15) is 5.82 Å². The summed E-state index contributed by atoms with van der Waals surface area (Å²) in [7, 11) is 1.73. The van der Waals surface area contributed by atoms with Gasteiger partial charge in [-0.15, -0.1) is 0 Å². The van der Waals surface area contributed by atoms with Crippen LogP contribution in [0, 0.1) is 5.92 Å². The van der Waals surface area contributed by atoms with Crippen molar-refractivity contribution in [1.29, 1.82) is 0 Å². The highest BCUT2D eigenvalue weighted by molar-refractivity contribution is 5.97. The predicted molar refractivity (Wildman–Crippen MR) is 106 cm³/mol. The topological polar surface area (TPSA) is 122 Å². The maximum Gasteiger partial charge on any atom is 0.254 e. The van der Waals surface area contributed by atoms with Crippen molar-refractivity contribution in [2.45, 2.75) is 51.1 Å². The molecule has 2 amide bonds. The minimum atomic E-state index is -0.550. The molecule has 0 aromatic carbocycles. The monoisotopic (exact) mass is 390 g/mol. The summed E-state index contributed by atoms with van der Waals surface area (Å²) >= 11 is 0. The number of carbonyl (C=O) groups is 2. The molecule has 1 aromatic heterocycles. The third kappa shape index (κ3) is 5.09. The fraction of sp³-hybridized carbons (Fsp3) is 0.684. The third-order valence-electron chi connectivity index (χ3n) is 5.61. The Labute approximate surface area is 165 Å². The minimum Gasteiger partial charge on any atom is -0.384 e.